The van der Waals surface area contributed by atoms with E-state index >= 15 is 0 Å². The molecular weight excluding hydrogens is 166 g/mol. The Labute approximate surface area is 79.0 Å². The normalized spacial score (nSPS) is 22.5. The zero-order valence-corrected chi connectivity index (χ0v) is 8.07. The van der Waals surface area contributed by atoms with Crippen LogP contribution in [0.1, 0.15) is 19.8 Å². The molecule has 3 nitrogen and oxygen atoms in total. The van der Waals surface area contributed by atoms with Crippen LogP contribution in [-0.4, -0.2) is 35.1 Å². The van der Waals surface area contributed by atoms with Gasteiger partial charge in [0.15, 0.2) is 0 Å². The third-order valence-corrected chi connectivity index (χ3v) is 2.69. The molecule has 0 bridgehead atoms. The van der Waals surface area contributed by atoms with Crippen molar-refractivity contribution in [1.82, 2.24) is 4.90 Å². The van der Waals surface area contributed by atoms with Crippen molar-refractivity contribution in [1.29, 1.82) is 0 Å². The molecule has 1 N–H and O–H groups in total. The van der Waals surface area contributed by atoms with Crippen molar-refractivity contribution in [2.24, 2.45) is 5.92 Å². The van der Waals surface area contributed by atoms with Crippen molar-refractivity contribution in [3.05, 3.63) is 12.7 Å². The standard InChI is InChI=1S/C10H17NO2/c1-3-9(10(12)13)11-6-4-8(2)5-7-11/h3,8-9H,1,4-7H2,2H3,(H,12,13). The SMILES string of the molecule is C=CC(C(=O)O)N1CCC(C)CC1. The number of carboxylic acid groups (broad SMARTS) is 1. The first-order valence-electron chi connectivity index (χ1n) is 4.74. The maximum atomic E-state index is 10.8. The van der Waals surface area contributed by atoms with E-state index in [1.54, 1.807) is 0 Å². The lowest BCUT2D eigenvalue weighted by molar-refractivity contribution is -0.141. The molecular formula is C10H17NO2. The van der Waals surface area contributed by atoms with E-state index in [1.807, 2.05) is 4.90 Å². The predicted molar refractivity (Wildman–Crippen MR) is 51.6 cm³/mol. The summed E-state index contributed by atoms with van der Waals surface area (Å²) in [6.45, 7) is 7.52. The first-order chi connectivity index (χ1) is 6.15. The minimum atomic E-state index is -0.787. The van der Waals surface area contributed by atoms with Gasteiger partial charge in [0.05, 0.1) is 0 Å². The van der Waals surface area contributed by atoms with Crippen LogP contribution in [0.5, 0.6) is 0 Å². The lowest BCUT2D eigenvalue weighted by atomic mass is 9.98. The Kier molecular flexibility index (Phi) is 3.48. The highest BCUT2D eigenvalue weighted by Crippen LogP contribution is 2.18. The van der Waals surface area contributed by atoms with E-state index in [2.05, 4.69) is 13.5 Å². The Morgan fingerprint density at radius 3 is 2.54 bits per heavy atom. The first-order valence-corrected chi connectivity index (χ1v) is 4.74. The van der Waals surface area contributed by atoms with Crippen LogP contribution in [0.25, 0.3) is 0 Å². The number of nitrogens with zero attached hydrogens (tertiary/aromatic N) is 1. The van der Waals surface area contributed by atoms with Crippen LogP contribution in [0.15, 0.2) is 12.7 Å². The van der Waals surface area contributed by atoms with E-state index in [0.29, 0.717) is 0 Å². The fraction of sp³-hybridized carbons (Fsp3) is 0.700. The number of aliphatic carboxylic acids is 1. The molecule has 1 atom stereocenters. The van der Waals surface area contributed by atoms with Crippen molar-refractivity contribution >= 4 is 5.97 Å². The topological polar surface area (TPSA) is 40.5 Å². The second-order valence-corrected chi connectivity index (χ2v) is 3.74. The Balaban J connectivity index is 2.51. The molecule has 0 aromatic rings. The minimum absolute atomic E-state index is 0.493. The average Bonchev–Trinajstić information content (AvgIpc) is 2.09. The van der Waals surface area contributed by atoms with Gasteiger partial charge in [-0.2, -0.15) is 0 Å². The average molecular weight is 183 g/mol. The third kappa shape index (κ3) is 2.56. The van der Waals surface area contributed by atoms with Gasteiger partial charge in [0, 0.05) is 0 Å². The monoisotopic (exact) mass is 183 g/mol. The molecule has 13 heavy (non-hydrogen) atoms. The molecule has 1 rings (SSSR count). The van der Waals surface area contributed by atoms with Gasteiger partial charge in [-0.05, 0) is 31.8 Å². The fourth-order valence-electron chi connectivity index (χ4n) is 1.71. The molecule has 0 aliphatic carbocycles. The maximum absolute atomic E-state index is 10.8. The van der Waals surface area contributed by atoms with E-state index in [4.69, 9.17) is 5.11 Å². The number of carbonyl (C=O) groups is 1. The Morgan fingerprint density at radius 1 is 1.62 bits per heavy atom. The second kappa shape index (κ2) is 4.42. The number of piperidine rings is 1. The number of rotatable bonds is 3. The quantitative estimate of drug-likeness (QED) is 0.671. The molecule has 1 saturated heterocycles. The third-order valence-electron chi connectivity index (χ3n) is 2.69. The van der Waals surface area contributed by atoms with Crippen LogP contribution >= 0.6 is 0 Å². The smallest absolute Gasteiger partial charge is 0.324 e. The van der Waals surface area contributed by atoms with Gasteiger partial charge >= 0.3 is 5.97 Å². The summed E-state index contributed by atoms with van der Waals surface area (Å²) in [6.07, 6.45) is 3.70. The summed E-state index contributed by atoms with van der Waals surface area (Å²) in [5, 5.41) is 8.88. The molecule has 0 amide bonds. The zero-order chi connectivity index (χ0) is 9.84. The summed E-state index contributed by atoms with van der Waals surface area (Å²) in [5.41, 5.74) is 0. The van der Waals surface area contributed by atoms with Gasteiger partial charge in [-0.1, -0.05) is 13.0 Å². The van der Waals surface area contributed by atoms with E-state index < -0.39 is 12.0 Å². The maximum Gasteiger partial charge on any atom is 0.324 e. The van der Waals surface area contributed by atoms with Crippen LogP contribution in [0.4, 0.5) is 0 Å². The Bertz CT molecular complexity index is 195. The van der Waals surface area contributed by atoms with Crippen molar-refractivity contribution in [2.75, 3.05) is 13.1 Å². The molecule has 0 radical (unpaired) electrons. The van der Waals surface area contributed by atoms with Crippen LogP contribution < -0.4 is 0 Å². The summed E-state index contributed by atoms with van der Waals surface area (Å²) < 4.78 is 0. The van der Waals surface area contributed by atoms with Gasteiger partial charge in [-0.25, -0.2) is 0 Å². The molecule has 0 aromatic heterocycles. The lowest BCUT2D eigenvalue weighted by Crippen LogP contribution is -2.44. The van der Waals surface area contributed by atoms with Crippen LogP contribution in [0.2, 0.25) is 0 Å². The van der Waals surface area contributed by atoms with Crippen LogP contribution in [-0.2, 0) is 4.79 Å². The van der Waals surface area contributed by atoms with Crippen LogP contribution in [0.3, 0.4) is 0 Å². The van der Waals surface area contributed by atoms with E-state index in [-0.39, 0.29) is 0 Å². The fourth-order valence-corrected chi connectivity index (χ4v) is 1.71. The molecule has 1 heterocycles. The van der Waals surface area contributed by atoms with Gasteiger partial charge in [0.25, 0.3) is 0 Å². The van der Waals surface area contributed by atoms with Crippen molar-refractivity contribution in [3.8, 4) is 0 Å². The summed E-state index contributed by atoms with van der Waals surface area (Å²) >= 11 is 0. The van der Waals surface area contributed by atoms with E-state index in [0.717, 1.165) is 31.8 Å². The summed E-state index contributed by atoms with van der Waals surface area (Å²) in [7, 11) is 0. The highest BCUT2D eigenvalue weighted by molar-refractivity contribution is 5.75. The molecule has 0 aromatic carbocycles. The largest absolute Gasteiger partial charge is 0.480 e. The number of hydrogen-bond donors (Lipinski definition) is 1. The van der Waals surface area contributed by atoms with Gasteiger partial charge in [-0.3, -0.25) is 9.69 Å². The molecule has 0 spiro atoms. The first kappa shape index (κ1) is 10.3. The summed E-state index contributed by atoms with van der Waals surface area (Å²) in [4.78, 5) is 12.8. The van der Waals surface area contributed by atoms with Crippen LogP contribution in [0, 0.1) is 5.92 Å². The number of hydrogen-bond acceptors (Lipinski definition) is 2. The molecule has 74 valence electrons. The summed E-state index contributed by atoms with van der Waals surface area (Å²) in [6, 6.07) is -0.493. The molecule has 1 unspecified atom stereocenters. The number of likely N-dealkylation sites (tertiary alicyclic amines) is 1. The summed E-state index contributed by atoms with van der Waals surface area (Å²) in [5.74, 6) is -0.0555. The van der Waals surface area contributed by atoms with E-state index in [9.17, 15) is 4.79 Å². The zero-order valence-electron chi connectivity index (χ0n) is 8.07. The number of carboxylic acids is 1. The van der Waals surface area contributed by atoms with Gasteiger partial charge in [0.1, 0.15) is 6.04 Å². The highest BCUT2D eigenvalue weighted by atomic mass is 16.4. The molecule has 1 aliphatic heterocycles. The lowest BCUT2D eigenvalue weighted by Gasteiger charge is -2.33. The van der Waals surface area contributed by atoms with Gasteiger partial charge in [0.2, 0.25) is 0 Å². The Morgan fingerprint density at radius 2 is 2.15 bits per heavy atom. The van der Waals surface area contributed by atoms with Crippen molar-refractivity contribution in [3.63, 3.8) is 0 Å². The van der Waals surface area contributed by atoms with Crippen molar-refractivity contribution < 1.29 is 9.90 Å². The minimum Gasteiger partial charge on any atom is -0.480 e. The van der Waals surface area contributed by atoms with Gasteiger partial charge in [-0.15, -0.1) is 6.58 Å². The van der Waals surface area contributed by atoms with Gasteiger partial charge < -0.3 is 5.11 Å². The van der Waals surface area contributed by atoms with E-state index in [1.165, 1.54) is 6.08 Å². The molecule has 0 saturated carbocycles. The predicted octanol–water partition coefficient (Wildman–Crippen LogP) is 1.36. The Hall–Kier alpha value is -0.830. The second-order valence-electron chi connectivity index (χ2n) is 3.74. The van der Waals surface area contributed by atoms with Crippen molar-refractivity contribution in [2.45, 2.75) is 25.8 Å². The molecule has 1 fully saturated rings. The molecule has 1 aliphatic rings. The molecule has 3 heteroatoms. The highest BCUT2D eigenvalue weighted by Gasteiger charge is 2.25.